The first-order chi connectivity index (χ1) is 18.4. The number of aliphatic hydroxyl groups is 3. The molecule has 0 fully saturated rings. The van der Waals surface area contributed by atoms with Crippen LogP contribution in [0.3, 0.4) is 0 Å². The Labute approximate surface area is 224 Å². The van der Waals surface area contributed by atoms with E-state index in [0.717, 1.165) is 11.3 Å². The fraction of sp³-hybridized carbons (Fsp3) is 0.393. The Morgan fingerprint density at radius 2 is 1.90 bits per heavy atom. The first kappa shape index (κ1) is 26.7. The van der Waals surface area contributed by atoms with Crippen molar-refractivity contribution in [3.8, 4) is 5.75 Å². The van der Waals surface area contributed by atoms with Crippen LogP contribution in [0.25, 0.3) is 0 Å². The molecule has 0 bridgehead atoms. The number of hydrogen-bond acceptors (Lipinski definition) is 9. The third-order valence-electron chi connectivity index (χ3n) is 8.38. The Morgan fingerprint density at radius 3 is 2.51 bits per heavy atom. The van der Waals surface area contributed by atoms with E-state index in [4.69, 9.17) is 5.73 Å². The number of likely N-dealkylation sites (N-methyl/N-ethyl adjacent to an activating group) is 1. The fourth-order valence-electron chi connectivity index (χ4n) is 6.49. The maximum Gasteiger partial charge on any atom is 0.255 e. The molecule has 1 aromatic carbocycles. The molecule has 0 saturated carbocycles. The molecule has 39 heavy (non-hydrogen) atoms. The quantitative estimate of drug-likeness (QED) is 0.291. The minimum absolute atomic E-state index is 0.00829. The SMILES string of the molecule is CN(C)[C@H]1C(O)=C(C(N)=O)C(=O)[C@@]2(O)C(O)=C3C(=O)c4c(O)ccc(CNCc5cccn5C)c4C[C@H]3C[C@@H]12. The summed E-state index contributed by atoms with van der Waals surface area (Å²) in [5, 5.41) is 47.9. The highest BCUT2D eigenvalue weighted by molar-refractivity contribution is 6.24. The molecule has 0 radical (unpaired) electrons. The second kappa shape index (κ2) is 9.37. The lowest BCUT2D eigenvalue weighted by molar-refractivity contribution is -0.148. The number of amides is 1. The zero-order valence-electron chi connectivity index (χ0n) is 21.9. The number of aromatic nitrogens is 1. The molecule has 1 aromatic heterocycles. The summed E-state index contributed by atoms with van der Waals surface area (Å²) in [5.41, 5.74) is 4.22. The van der Waals surface area contributed by atoms with Gasteiger partial charge < -0.3 is 36.0 Å². The third kappa shape index (κ3) is 3.88. The van der Waals surface area contributed by atoms with Gasteiger partial charge in [-0.15, -0.1) is 0 Å². The second-order valence-electron chi connectivity index (χ2n) is 10.8. The number of aryl methyl sites for hydroxylation is 1. The molecule has 0 spiro atoms. The summed E-state index contributed by atoms with van der Waals surface area (Å²) in [6.45, 7) is 0.995. The van der Waals surface area contributed by atoms with Crippen molar-refractivity contribution in [3.05, 3.63) is 75.5 Å². The minimum Gasteiger partial charge on any atom is -0.510 e. The van der Waals surface area contributed by atoms with Crippen molar-refractivity contribution in [2.45, 2.75) is 37.6 Å². The monoisotopic (exact) mass is 536 g/mol. The van der Waals surface area contributed by atoms with E-state index in [1.807, 2.05) is 29.9 Å². The number of aliphatic hydroxyl groups excluding tert-OH is 2. The highest BCUT2D eigenvalue weighted by atomic mass is 16.3. The summed E-state index contributed by atoms with van der Waals surface area (Å²) in [6.07, 6.45) is 2.25. The van der Waals surface area contributed by atoms with E-state index in [9.17, 15) is 34.8 Å². The number of nitrogens with two attached hydrogens (primary N) is 1. The van der Waals surface area contributed by atoms with Crippen LogP contribution >= 0.6 is 0 Å². The van der Waals surface area contributed by atoms with Crippen LogP contribution in [0.1, 0.15) is 33.6 Å². The van der Waals surface area contributed by atoms with Crippen LogP contribution in [0, 0.1) is 11.8 Å². The van der Waals surface area contributed by atoms with Crippen molar-refractivity contribution in [2.24, 2.45) is 24.6 Å². The Morgan fingerprint density at radius 1 is 1.18 bits per heavy atom. The van der Waals surface area contributed by atoms with Gasteiger partial charge in [0.1, 0.15) is 22.8 Å². The molecule has 3 aliphatic rings. The molecule has 0 unspecified atom stereocenters. The Bertz CT molecular complexity index is 1470. The normalized spacial score (nSPS) is 26.5. The first-order valence-electron chi connectivity index (χ1n) is 12.7. The van der Waals surface area contributed by atoms with Crippen molar-refractivity contribution >= 4 is 17.5 Å². The molecule has 0 saturated heterocycles. The number of allylic oxidation sites excluding steroid dienone is 1. The standard InChI is InChI=1S/C28H32N4O7/c1-31(2)22-17-10-14-9-16-13(11-30-12-15-5-4-8-32(15)3)6-7-18(33)20(16)23(34)19(14)25(36)28(17,39)26(37)21(24(22)35)27(29)38/h4-8,14,17,22,30,33,35-36,39H,9-12H2,1-3H3,(H2,29,38)/t14-,17-,22+,28-/m0/s1. The summed E-state index contributed by atoms with van der Waals surface area (Å²) in [7, 11) is 5.14. The lowest BCUT2D eigenvalue weighted by Gasteiger charge is -2.50. The Kier molecular flexibility index (Phi) is 6.41. The van der Waals surface area contributed by atoms with Crippen LogP contribution in [0.15, 0.2) is 53.1 Å². The molecule has 0 aliphatic heterocycles. The van der Waals surface area contributed by atoms with Crippen LogP contribution < -0.4 is 11.1 Å². The van der Waals surface area contributed by atoms with Gasteiger partial charge in [0, 0.05) is 43.5 Å². The van der Waals surface area contributed by atoms with Gasteiger partial charge in [0.15, 0.2) is 11.4 Å². The highest BCUT2D eigenvalue weighted by Crippen LogP contribution is 2.52. The molecule has 1 heterocycles. The van der Waals surface area contributed by atoms with Crippen molar-refractivity contribution in [1.82, 2.24) is 14.8 Å². The topological polar surface area (TPSA) is 178 Å². The van der Waals surface area contributed by atoms with Gasteiger partial charge >= 0.3 is 0 Å². The molecule has 11 heteroatoms. The predicted molar refractivity (Wildman–Crippen MR) is 140 cm³/mol. The maximum absolute atomic E-state index is 13.8. The average Bonchev–Trinajstić information content (AvgIpc) is 3.26. The summed E-state index contributed by atoms with van der Waals surface area (Å²) >= 11 is 0. The van der Waals surface area contributed by atoms with Gasteiger partial charge in [0.2, 0.25) is 5.78 Å². The number of Topliss-reactive ketones (excluding diaryl/α,β-unsaturated/α-hetero) is 2. The first-order valence-corrected chi connectivity index (χ1v) is 12.7. The number of ketones is 2. The number of hydrogen-bond donors (Lipinski definition) is 6. The molecule has 11 nitrogen and oxygen atoms in total. The zero-order valence-corrected chi connectivity index (χ0v) is 21.9. The van der Waals surface area contributed by atoms with Crippen molar-refractivity contribution < 1.29 is 34.8 Å². The zero-order chi connectivity index (χ0) is 28.4. The number of carbonyl (C=O) groups excluding carboxylic acids is 3. The van der Waals surface area contributed by atoms with Crippen LogP contribution in [-0.2, 0) is 36.1 Å². The molecule has 7 N–H and O–H groups in total. The Hall–Kier alpha value is -3.93. The number of benzene rings is 1. The van der Waals surface area contributed by atoms with Crippen molar-refractivity contribution in [2.75, 3.05) is 14.1 Å². The van der Waals surface area contributed by atoms with Gasteiger partial charge in [-0.2, -0.15) is 0 Å². The molecular formula is C28H32N4O7. The summed E-state index contributed by atoms with van der Waals surface area (Å²) < 4.78 is 1.99. The molecule has 206 valence electrons. The molecule has 2 aromatic rings. The van der Waals surface area contributed by atoms with Crippen LogP contribution in [0.2, 0.25) is 0 Å². The van der Waals surface area contributed by atoms with Gasteiger partial charge in [-0.3, -0.25) is 19.3 Å². The van der Waals surface area contributed by atoms with Gasteiger partial charge in [0.05, 0.1) is 11.6 Å². The van der Waals surface area contributed by atoms with Gasteiger partial charge in [-0.25, -0.2) is 0 Å². The number of phenols is 1. The smallest absolute Gasteiger partial charge is 0.255 e. The Balaban J connectivity index is 1.57. The summed E-state index contributed by atoms with van der Waals surface area (Å²) in [4.78, 5) is 40.7. The van der Waals surface area contributed by atoms with Crippen LogP contribution in [0.5, 0.6) is 5.75 Å². The van der Waals surface area contributed by atoms with Gasteiger partial charge in [-0.05, 0) is 62.2 Å². The highest BCUT2D eigenvalue weighted by Gasteiger charge is 2.63. The maximum atomic E-state index is 13.8. The van der Waals surface area contributed by atoms with E-state index in [1.165, 1.54) is 11.0 Å². The number of fused-ring (bicyclic) bond motifs is 3. The van der Waals surface area contributed by atoms with Gasteiger partial charge in [0.25, 0.3) is 5.91 Å². The number of rotatable bonds is 6. The molecule has 4 atom stereocenters. The van der Waals surface area contributed by atoms with Gasteiger partial charge in [-0.1, -0.05) is 6.07 Å². The van der Waals surface area contributed by atoms with E-state index in [0.29, 0.717) is 18.7 Å². The number of primary amides is 1. The molecule has 1 amide bonds. The average molecular weight is 537 g/mol. The summed E-state index contributed by atoms with van der Waals surface area (Å²) in [6, 6.07) is 6.07. The summed E-state index contributed by atoms with van der Waals surface area (Å²) in [5.74, 6) is -6.58. The van der Waals surface area contributed by atoms with Crippen molar-refractivity contribution in [1.29, 1.82) is 0 Å². The minimum atomic E-state index is -2.64. The number of phenolic OH excluding ortho intramolecular Hbond substituents is 1. The van der Waals surface area contributed by atoms with E-state index in [2.05, 4.69) is 5.32 Å². The number of nitrogens with zero attached hydrogens (tertiary/aromatic N) is 2. The van der Waals surface area contributed by atoms with E-state index < -0.39 is 58.0 Å². The van der Waals surface area contributed by atoms with Crippen LogP contribution in [0.4, 0.5) is 0 Å². The predicted octanol–water partition coefficient (Wildman–Crippen LogP) is 0.749. The number of aromatic hydroxyl groups is 1. The third-order valence-corrected chi connectivity index (χ3v) is 8.38. The van der Waals surface area contributed by atoms with E-state index in [-0.39, 0.29) is 29.7 Å². The molecule has 5 rings (SSSR count). The van der Waals surface area contributed by atoms with E-state index >= 15 is 0 Å². The van der Waals surface area contributed by atoms with Crippen LogP contribution in [-0.4, -0.2) is 73.1 Å². The van der Waals surface area contributed by atoms with Crippen molar-refractivity contribution in [3.63, 3.8) is 0 Å². The number of nitrogens with one attached hydrogen (secondary N) is 1. The van der Waals surface area contributed by atoms with E-state index in [1.54, 1.807) is 20.2 Å². The largest absolute Gasteiger partial charge is 0.510 e. The second-order valence-corrected chi connectivity index (χ2v) is 10.8. The lowest BCUT2D eigenvalue weighted by Crippen LogP contribution is -2.63. The fourth-order valence-corrected chi connectivity index (χ4v) is 6.49. The number of carbonyl (C=O) groups is 3. The molecular weight excluding hydrogens is 504 g/mol. The lowest BCUT2D eigenvalue weighted by atomic mass is 9.58. The molecule has 3 aliphatic carbocycles.